The average Bonchev–Trinajstić information content (AvgIpc) is 2.64. The lowest BCUT2D eigenvalue weighted by molar-refractivity contribution is -0.384. The van der Waals surface area contributed by atoms with E-state index in [9.17, 15) is 19.7 Å². The van der Waals surface area contributed by atoms with Crippen LogP contribution >= 0.6 is 0 Å². The number of carbonyl (C=O) groups excluding carboxylic acids is 2. The average molecular weight is 277 g/mol. The monoisotopic (exact) mass is 277 g/mol. The summed E-state index contributed by atoms with van der Waals surface area (Å²) in [4.78, 5) is 33.7. The van der Waals surface area contributed by atoms with Crippen LogP contribution in [0.1, 0.15) is 29.6 Å². The van der Waals surface area contributed by atoms with Crippen LogP contribution in [0, 0.1) is 10.1 Å². The molecule has 0 bridgehead atoms. The van der Waals surface area contributed by atoms with Gasteiger partial charge < -0.3 is 10.6 Å². The summed E-state index contributed by atoms with van der Waals surface area (Å²) in [5.74, 6) is -0.584. The predicted octanol–water partition coefficient (Wildman–Crippen LogP) is 0.993. The normalized spacial score (nSPS) is 18.8. The van der Waals surface area contributed by atoms with Gasteiger partial charge in [-0.1, -0.05) is 0 Å². The first kappa shape index (κ1) is 14.0. The molecule has 2 N–H and O–H groups in total. The molecule has 0 saturated carbocycles. The third-order valence-corrected chi connectivity index (χ3v) is 3.18. The van der Waals surface area contributed by atoms with Crippen molar-refractivity contribution in [3.63, 3.8) is 0 Å². The van der Waals surface area contributed by atoms with Gasteiger partial charge in [0.15, 0.2) is 0 Å². The number of rotatable bonds is 3. The number of benzene rings is 1. The summed E-state index contributed by atoms with van der Waals surface area (Å²) in [6.45, 7) is 0.628. The van der Waals surface area contributed by atoms with Gasteiger partial charge in [0.25, 0.3) is 11.6 Å². The van der Waals surface area contributed by atoms with Crippen molar-refractivity contribution in [2.24, 2.45) is 0 Å². The Labute approximate surface area is 115 Å². The molecule has 2 rings (SSSR count). The first-order valence-electron chi connectivity index (χ1n) is 6.41. The molecule has 1 unspecified atom stereocenters. The number of amides is 2. The standard InChI is InChI=1S/C13H15N3O4/c17-12(9-4-6-10(7-5-9)16(19)20)15-11-3-1-2-8-14-13(11)18/h4-7,11H,1-3,8H2,(H,14,18)(H,15,17). The summed E-state index contributed by atoms with van der Waals surface area (Å²) in [5.41, 5.74) is 0.224. The van der Waals surface area contributed by atoms with Crippen LogP contribution in [0.15, 0.2) is 24.3 Å². The van der Waals surface area contributed by atoms with E-state index in [2.05, 4.69) is 10.6 Å². The highest BCUT2D eigenvalue weighted by atomic mass is 16.6. The van der Waals surface area contributed by atoms with E-state index in [0.29, 0.717) is 18.5 Å². The van der Waals surface area contributed by atoms with E-state index in [1.165, 1.54) is 24.3 Å². The molecule has 1 aliphatic heterocycles. The summed E-state index contributed by atoms with van der Waals surface area (Å²) in [6, 6.07) is 4.74. The zero-order chi connectivity index (χ0) is 14.5. The molecule has 7 nitrogen and oxygen atoms in total. The third-order valence-electron chi connectivity index (χ3n) is 3.18. The summed E-state index contributed by atoms with van der Waals surface area (Å²) in [5, 5.41) is 15.9. The maximum atomic E-state index is 12.0. The molecule has 20 heavy (non-hydrogen) atoms. The number of carbonyl (C=O) groups is 2. The molecule has 0 spiro atoms. The van der Waals surface area contributed by atoms with E-state index in [-0.39, 0.29) is 11.6 Å². The summed E-state index contributed by atoms with van der Waals surface area (Å²) < 4.78 is 0. The molecule has 1 aromatic rings. The Balaban J connectivity index is 2.03. The van der Waals surface area contributed by atoms with Crippen LogP contribution in [0.25, 0.3) is 0 Å². The molecular formula is C13H15N3O4. The van der Waals surface area contributed by atoms with Gasteiger partial charge in [0.1, 0.15) is 6.04 Å². The smallest absolute Gasteiger partial charge is 0.269 e. The predicted molar refractivity (Wildman–Crippen MR) is 71.2 cm³/mol. The molecule has 1 fully saturated rings. The van der Waals surface area contributed by atoms with Crippen molar-refractivity contribution in [3.8, 4) is 0 Å². The van der Waals surface area contributed by atoms with Gasteiger partial charge in [-0.25, -0.2) is 0 Å². The number of nitrogens with zero attached hydrogens (tertiary/aromatic N) is 1. The molecule has 2 amide bonds. The Morgan fingerprint density at radius 3 is 2.65 bits per heavy atom. The van der Waals surface area contributed by atoms with Gasteiger partial charge in [-0.3, -0.25) is 19.7 Å². The highest BCUT2D eigenvalue weighted by molar-refractivity contribution is 5.97. The van der Waals surface area contributed by atoms with Crippen LogP contribution < -0.4 is 10.6 Å². The summed E-state index contributed by atoms with van der Waals surface area (Å²) >= 11 is 0. The van der Waals surface area contributed by atoms with Crippen LogP contribution in [0.4, 0.5) is 5.69 Å². The van der Waals surface area contributed by atoms with Crippen LogP contribution in [0.5, 0.6) is 0 Å². The minimum absolute atomic E-state index is 0.0752. The summed E-state index contributed by atoms with van der Waals surface area (Å²) in [7, 11) is 0. The zero-order valence-corrected chi connectivity index (χ0v) is 10.8. The number of hydrogen-bond donors (Lipinski definition) is 2. The number of hydrogen-bond acceptors (Lipinski definition) is 4. The number of nitro benzene ring substituents is 1. The van der Waals surface area contributed by atoms with E-state index in [4.69, 9.17) is 0 Å². The van der Waals surface area contributed by atoms with Crippen molar-refractivity contribution >= 4 is 17.5 Å². The van der Waals surface area contributed by atoms with Crippen LogP contribution in [0.2, 0.25) is 0 Å². The van der Waals surface area contributed by atoms with Crippen molar-refractivity contribution in [1.29, 1.82) is 0 Å². The number of nitro groups is 1. The highest BCUT2D eigenvalue weighted by Gasteiger charge is 2.23. The fraction of sp³-hybridized carbons (Fsp3) is 0.385. The van der Waals surface area contributed by atoms with Crippen LogP contribution in [0.3, 0.4) is 0 Å². The molecule has 0 radical (unpaired) electrons. The Hall–Kier alpha value is -2.44. The molecular weight excluding hydrogens is 262 g/mol. The second-order valence-corrected chi connectivity index (χ2v) is 4.62. The van der Waals surface area contributed by atoms with Crippen molar-refractivity contribution < 1.29 is 14.5 Å². The van der Waals surface area contributed by atoms with Crippen LogP contribution in [-0.2, 0) is 4.79 Å². The topological polar surface area (TPSA) is 101 Å². The quantitative estimate of drug-likeness (QED) is 0.635. The molecule has 0 aliphatic carbocycles. The Morgan fingerprint density at radius 2 is 2.00 bits per heavy atom. The van der Waals surface area contributed by atoms with E-state index < -0.39 is 16.9 Å². The molecule has 0 aromatic heterocycles. The molecule has 1 aromatic carbocycles. The number of nitrogens with one attached hydrogen (secondary N) is 2. The highest BCUT2D eigenvalue weighted by Crippen LogP contribution is 2.12. The minimum Gasteiger partial charge on any atom is -0.354 e. The second-order valence-electron chi connectivity index (χ2n) is 4.62. The fourth-order valence-electron chi connectivity index (χ4n) is 2.05. The van der Waals surface area contributed by atoms with Crippen molar-refractivity contribution in [2.75, 3.05) is 6.54 Å². The lowest BCUT2D eigenvalue weighted by Gasteiger charge is -2.15. The molecule has 7 heteroatoms. The Kier molecular flexibility index (Phi) is 4.29. The molecule has 106 valence electrons. The van der Waals surface area contributed by atoms with Crippen molar-refractivity contribution in [2.45, 2.75) is 25.3 Å². The maximum Gasteiger partial charge on any atom is 0.269 e. The Bertz CT molecular complexity index is 527. The van der Waals surface area contributed by atoms with E-state index in [0.717, 1.165) is 12.8 Å². The minimum atomic E-state index is -0.541. The van der Waals surface area contributed by atoms with Gasteiger partial charge in [-0.15, -0.1) is 0 Å². The SMILES string of the molecule is O=C(NC1CCCCNC1=O)c1ccc([N+](=O)[O-])cc1. The maximum absolute atomic E-state index is 12.0. The van der Waals surface area contributed by atoms with E-state index >= 15 is 0 Å². The van der Waals surface area contributed by atoms with Gasteiger partial charge >= 0.3 is 0 Å². The zero-order valence-electron chi connectivity index (χ0n) is 10.8. The lowest BCUT2D eigenvalue weighted by Crippen LogP contribution is -2.45. The molecule has 1 aliphatic rings. The van der Waals surface area contributed by atoms with Gasteiger partial charge in [-0.2, -0.15) is 0 Å². The van der Waals surface area contributed by atoms with Crippen LogP contribution in [-0.4, -0.2) is 29.3 Å². The van der Waals surface area contributed by atoms with E-state index in [1.54, 1.807) is 0 Å². The van der Waals surface area contributed by atoms with Gasteiger partial charge in [0.2, 0.25) is 5.91 Å². The van der Waals surface area contributed by atoms with Crippen molar-refractivity contribution in [3.05, 3.63) is 39.9 Å². The van der Waals surface area contributed by atoms with E-state index in [1.807, 2.05) is 0 Å². The molecule has 1 heterocycles. The number of non-ortho nitro benzene ring substituents is 1. The second kappa shape index (κ2) is 6.14. The fourth-order valence-corrected chi connectivity index (χ4v) is 2.05. The first-order chi connectivity index (χ1) is 9.58. The van der Waals surface area contributed by atoms with Gasteiger partial charge in [-0.05, 0) is 31.4 Å². The molecule has 1 atom stereocenters. The van der Waals surface area contributed by atoms with Gasteiger partial charge in [0.05, 0.1) is 4.92 Å². The third kappa shape index (κ3) is 3.31. The van der Waals surface area contributed by atoms with Gasteiger partial charge in [0, 0.05) is 24.2 Å². The Morgan fingerprint density at radius 1 is 1.30 bits per heavy atom. The molecule has 1 saturated heterocycles. The first-order valence-corrected chi connectivity index (χ1v) is 6.41. The summed E-state index contributed by atoms with van der Waals surface area (Å²) in [6.07, 6.45) is 2.37. The van der Waals surface area contributed by atoms with Crippen molar-refractivity contribution in [1.82, 2.24) is 10.6 Å². The lowest BCUT2D eigenvalue weighted by atomic mass is 10.1. The largest absolute Gasteiger partial charge is 0.354 e.